The van der Waals surface area contributed by atoms with Crippen LogP contribution in [-0.4, -0.2) is 33.5 Å². The molecule has 0 aromatic heterocycles. The fourth-order valence-corrected chi connectivity index (χ4v) is 2.65. The van der Waals surface area contributed by atoms with Crippen LogP contribution in [0.4, 0.5) is 5.69 Å². The smallest absolute Gasteiger partial charge is 0.304 e. The standard InChI is InChI=1S/C13H15BrN2O4/c14-13-9(2-1-3-11(13)16(19)20)8-15(10-4-5-10)7-6-12(17)18/h1-3,10H,4-8H2,(H,17,18). The molecule has 0 amide bonds. The Morgan fingerprint density at radius 2 is 2.20 bits per heavy atom. The highest BCUT2D eigenvalue weighted by Crippen LogP contribution is 2.33. The van der Waals surface area contributed by atoms with Crippen molar-refractivity contribution in [2.75, 3.05) is 6.54 Å². The van der Waals surface area contributed by atoms with Crippen molar-refractivity contribution in [1.82, 2.24) is 4.90 Å². The maximum Gasteiger partial charge on any atom is 0.304 e. The number of carbonyl (C=O) groups is 1. The first kappa shape index (κ1) is 14.9. The van der Waals surface area contributed by atoms with Crippen LogP contribution in [0.15, 0.2) is 22.7 Å². The lowest BCUT2D eigenvalue weighted by molar-refractivity contribution is -0.385. The summed E-state index contributed by atoms with van der Waals surface area (Å²) in [6, 6.07) is 5.33. The minimum absolute atomic E-state index is 0.0384. The van der Waals surface area contributed by atoms with Gasteiger partial charge >= 0.3 is 5.97 Å². The number of nitro benzene ring substituents is 1. The molecule has 6 nitrogen and oxygen atoms in total. The molecule has 0 unspecified atom stereocenters. The fourth-order valence-electron chi connectivity index (χ4n) is 2.12. The van der Waals surface area contributed by atoms with E-state index < -0.39 is 10.9 Å². The Morgan fingerprint density at radius 3 is 2.75 bits per heavy atom. The average molecular weight is 343 g/mol. The molecule has 0 aliphatic heterocycles. The Balaban J connectivity index is 2.12. The van der Waals surface area contributed by atoms with Gasteiger partial charge in [0.25, 0.3) is 5.69 Å². The summed E-state index contributed by atoms with van der Waals surface area (Å²) in [6.07, 6.45) is 2.21. The lowest BCUT2D eigenvalue weighted by Crippen LogP contribution is -2.28. The SMILES string of the molecule is O=C(O)CCN(Cc1cccc([N+](=O)[O-])c1Br)C1CC1. The second kappa shape index (κ2) is 6.32. The maximum atomic E-state index is 10.9. The maximum absolute atomic E-state index is 10.9. The third-order valence-corrected chi connectivity index (χ3v) is 4.22. The van der Waals surface area contributed by atoms with E-state index >= 15 is 0 Å². The third kappa shape index (κ3) is 3.77. The molecule has 0 bridgehead atoms. The van der Waals surface area contributed by atoms with Crippen LogP contribution < -0.4 is 0 Å². The number of carboxylic acids is 1. The zero-order valence-corrected chi connectivity index (χ0v) is 12.4. The molecule has 7 heteroatoms. The monoisotopic (exact) mass is 342 g/mol. The van der Waals surface area contributed by atoms with Crippen molar-refractivity contribution in [1.29, 1.82) is 0 Å². The molecule has 108 valence electrons. The van der Waals surface area contributed by atoms with Gasteiger partial charge in [-0.05, 0) is 34.3 Å². The lowest BCUT2D eigenvalue weighted by atomic mass is 10.2. The summed E-state index contributed by atoms with van der Waals surface area (Å²) in [4.78, 5) is 23.2. The summed E-state index contributed by atoms with van der Waals surface area (Å²) < 4.78 is 0.478. The molecular weight excluding hydrogens is 328 g/mol. The predicted molar refractivity (Wildman–Crippen MR) is 76.5 cm³/mol. The lowest BCUT2D eigenvalue weighted by Gasteiger charge is -2.21. The topological polar surface area (TPSA) is 83.7 Å². The van der Waals surface area contributed by atoms with Crippen LogP contribution in [-0.2, 0) is 11.3 Å². The number of hydrogen-bond acceptors (Lipinski definition) is 4. The molecule has 1 saturated carbocycles. The van der Waals surface area contributed by atoms with E-state index in [-0.39, 0.29) is 12.1 Å². The Hall–Kier alpha value is -1.47. The molecule has 0 saturated heterocycles. The van der Waals surface area contributed by atoms with Crippen LogP contribution in [0.25, 0.3) is 0 Å². The molecule has 2 rings (SSSR count). The van der Waals surface area contributed by atoms with Crippen LogP contribution in [0.3, 0.4) is 0 Å². The number of benzene rings is 1. The molecule has 0 spiro atoms. The average Bonchev–Trinajstić information content (AvgIpc) is 3.20. The van der Waals surface area contributed by atoms with Crippen LogP contribution in [0.2, 0.25) is 0 Å². The van der Waals surface area contributed by atoms with Crippen molar-refractivity contribution in [3.63, 3.8) is 0 Å². The predicted octanol–water partition coefficient (Wildman–Crippen LogP) is 2.80. The molecule has 0 atom stereocenters. The van der Waals surface area contributed by atoms with E-state index in [9.17, 15) is 14.9 Å². The highest BCUT2D eigenvalue weighted by Gasteiger charge is 2.30. The Labute approximate surface area is 124 Å². The number of rotatable bonds is 7. The third-order valence-electron chi connectivity index (χ3n) is 3.30. The van der Waals surface area contributed by atoms with Crippen LogP contribution >= 0.6 is 15.9 Å². The molecule has 1 aromatic rings. The van der Waals surface area contributed by atoms with Gasteiger partial charge in [0.2, 0.25) is 0 Å². The molecule has 20 heavy (non-hydrogen) atoms. The number of hydrogen-bond donors (Lipinski definition) is 1. The molecule has 1 fully saturated rings. The molecule has 0 radical (unpaired) electrons. The number of halogens is 1. The van der Waals surface area contributed by atoms with Gasteiger partial charge in [-0.1, -0.05) is 12.1 Å². The number of nitrogens with zero attached hydrogens (tertiary/aromatic N) is 2. The van der Waals surface area contributed by atoms with Crippen LogP contribution in [0.5, 0.6) is 0 Å². The summed E-state index contributed by atoms with van der Waals surface area (Å²) in [7, 11) is 0. The second-order valence-corrected chi connectivity index (χ2v) is 5.65. The highest BCUT2D eigenvalue weighted by molar-refractivity contribution is 9.10. The fraction of sp³-hybridized carbons (Fsp3) is 0.462. The zero-order chi connectivity index (χ0) is 14.7. The molecular formula is C13H15BrN2O4. The van der Waals surface area contributed by atoms with Crippen molar-refractivity contribution < 1.29 is 14.8 Å². The van der Waals surface area contributed by atoms with E-state index in [1.165, 1.54) is 6.07 Å². The summed E-state index contributed by atoms with van der Waals surface area (Å²) in [5.41, 5.74) is 0.855. The van der Waals surface area contributed by atoms with Gasteiger partial charge in [-0.3, -0.25) is 19.8 Å². The van der Waals surface area contributed by atoms with Gasteiger partial charge in [0.05, 0.1) is 15.8 Å². The Morgan fingerprint density at radius 1 is 1.50 bits per heavy atom. The van der Waals surface area contributed by atoms with Crippen molar-refractivity contribution >= 4 is 27.6 Å². The molecule has 1 aliphatic rings. The van der Waals surface area contributed by atoms with E-state index in [0.29, 0.717) is 23.6 Å². The summed E-state index contributed by atoms with van der Waals surface area (Å²) in [6.45, 7) is 0.995. The number of carboxylic acid groups (broad SMARTS) is 1. The van der Waals surface area contributed by atoms with Crippen molar-refractivity contribution in [3.05, 3.63) is 38.3 Å². The largest absolute Gasteiger partial charge is 0.481 e. The summed E-state index contributed by atoms with van der Waals surface area (Å²) >= 11 is 3.28. The van der Waals surface area contributed by atoms with E-state index in [1.54, 1.807) is 6.07 Å². The first-order valence-corrected chi connectivity index (χ1v) is 7.16. The summed E-state index contributed by atoms with van der Waals surface area (Å²) in [5.74, 6) is -0.825. The van der Waals surface area contributed by atoms with Gasteiger partial charge in [0, 0.05) is 25.2 Å². The van der Waals surface area contributed by atoms with E-state index in [2.05, 4.69) is 20.8 Å². The molecule has 1 N–H and O–H groups in total. The van der Waals surface area contributed by atoms with Gasteiger partial charge in [0.1, 0.15) is 0 Å². The van der Waals surface area contributed by atoms with Gasteiger partial charge in [-0.15, -0.1) is 0 Å². The molecule has 1 aliphatic carbocycles. The summed E-state index contributed by atoms with van der Waals surface area (Å²) in [5, 5.41) is 19.7. The quantitative estimate of drug-likeness (QED) is 0.608. The first-order chi connectivity index (χ1) is 9.49. The van der Waals surface area contributed by atoms with E-state index in [0.717, 1.165) is 18.4 Å². The molecule has 0 heterocycles. The normalized spacial score (nSPS) is 14.5. The van der Waals surface area contributed by atoms with Crippen molar-refractivity contribution in [2.45, 2.75) is 31.8 Å². The highest BCUT2D eigenvalue weighted by atomic mass is 79.9. The van der Waals surface area contributed by atoms with Gasteiger partial charge in [-0.2, -0.15) is 0 Å². The zero-order valence-electron chi connectivity index (χ0n) is 10.8. The van der Waals surface area contributed by atoms with Gasteiger partial charge < -0.3 is 5.11 Å². The van der Waals surface area contributed by atoms with E-state index in [1.807, 2.05) is 6.07 Å². The number of nitro groups is 1. The number of aliphatic carboxylic acids is 1. The Bertz CT molecular complexity index is 531. The van der Waals surface area contributed by atoms with Crippen molar-refractivity contribution in [2.24, 2.45) is 0 Å². The van der Waals surface area contributed by atoms with Crippen molar-refractivity contribution in [3.8, 4) is 0 Å². The Kier molecular flexibility index (Phi) is 4.72. The van der Waals surface area contributed by atoms with Crippen LogP contribution in [0.1, 0.15) is 24.8 Å². The van der Waals surface area contributed by atoms with Crippen LogP contribution in [0, 0.1) is 10.1 Å². The van der Waals surface area contributed by atoms with E-state index in [4.69, 9.17) is 5.11 Å². The second-order valence-electron chi connectivity index (χ2n) is 4.85. The first-order valence-electron chi connectivity index (χ1n) is 6.36. The molecule has 1 aromatic carbocycles. The minimum atomic E-state index is -0.825. The van der Waals surface area contributed by atoms with Gasteiger partial charge in [-0.25, -0.2) is 0 Å². The minimum Gasteiger partial charge on any atom is -0.481 e. The van der Waals surface area contributed by atoms with Gasteiger partial charge in [0.15, 0.2) is 0 Å².